The van der Waals surface area contributed by atoms with E-state index in [2.05, 4.69) is 4.98 Å². The van der Waals surface area contributed by atoms with Crippen molar-refractivity contribution in [3.63, 3.8) is 0 Å². The van der Waals surface area contributed by atoms with E-state index >= 15 is 0 Å². The zero-order chi connectivity index (χ0) is 18.9. The molecule has 1 aromatic carbocycles. The van der Waals surface area contributed by atoms with Crippen LogP contribution in [0.25, 0.3) is 0 Å². The van der Waals surface area contributed by atoms with Crippen molar-refractivity contribution in [2.24, 2.45) is 0 Å². The minimum absolute atomic E-state index is 0.115. The zero-order valence-corrected chi connectivity index (χ0v) is 16.0. The third-order valence-electron chi connectivity index (χ3n) is 4.75. The van der Waals surface area contributed by atoms with Crippen LogP contribution in [0.15, 0.2) is 35.4 Å². The Morgan fingerprint density at radius 3 is 2.35 bits per heavy atom. The molecule has 0 saturated carbocycles. The molecule has 1 amide bonds. The van der Waals surface area contributed by atoms with Crippen molar-refractivity contribution in [2.75, 3.05) is 33.3 Å². The molecule has 0 unspecified atom stereocenters. The fourth-order valence-electron chi connectivity index (χ4n) is 3.03. The van der Waals surface area contributed by atoms with Crippen LogP contribution in [-0.2, 0) is 10.0 Å². The van der Waals surface area contributed by atoms with E-state index in [1.54, 1.807) is 35.4 Å². The van der Waals surface area contributed by atoms with Crippen LogP contribution in [0.4, 0.5) is 0 Å². The molecule has 3 rings (SSSR count). The van der Waals surface area contributed by atoms with Crippen LogP contribution in [0.3, 0.4) is 0 Å². The second-order valence-electron chi connectivity index (χ2n) is 6.37. The molecule has 8 heteroatoms. The summed E-state index contributed by atoms with van der Waals surface area (Å²) in [6.45, 7) is 5.00. The van der Waals surface area contributed by atoms with Crippen LogP contribution in [-0.4, -0.2) is 61.8 Å². The van der Waals surface area contributed by atoms with Gasteiger partial charge in [0.25, 0.3) is 5.91 Å². The summed E-state index contributed by atoms with van der Waals surface area (Å²) in [6, 6.07) is 6.87. The molecule has 0 spiro atoms. The topological polar surface area (TPSA) is 82.7 Å². The van der Waals surface area contributed by atoms with E-state index in [1.165, 1.54) is 11.4 Å². The largest absolute Gasteiger partial charge is 0.495 e. The van der Waals surface area contributed by atoms with Gasteiger partial charge in [0, 0.05) is 32.4 Å². The molecule has 0 radical (unpaired) electrons. The number of ether oxygens (including phenoxy) is 1. The lowest BCUT2D eigenvalue weighted by atomic mass is 10.1. The van der Waals surface area contributed by atoms with Crippen LogP contribution in [0, 0.1) is 13.8 Å². The van der Waals surface area contributed by atoms with Crippen LogP contribution < -0.4 is 4.74 Å². The van der Waals surface area contributed by atoms with E-state index in [9.17, 15) is 13.2 Å². The number of methoxy groups -OCH3 is 1. The van der Waals surface area contributed by atoms with Crippen molar-refractivity contribution in [3.8, 4) is 5.75 Å². The predicted octanol–water partition coefficient (Wildman–Crippen LogP) is 1.79. The van der Waals surface area contributed by atoms with E-state index in [4.69, 9.17) is 4.74 Å². The highest BCUT2D eigenvalue weighted by atomic mass is 32.2. The maximum Gasteiger partial charge on any atom is 0.270 e. The van der Waals surface area contributed by atoms with Gasteiger partial charge in [0.1, 0.15) is 16.3 Å². The van der Waals surface area contributed by atoms with Crippen molar-refractivity contribution < 1.29 is 17.9 Å². The lowest BCUT2D eigenvalue weighted by molar-refractivity contribution is 0.0692. The summed E-state index contributed by atoms with van der Waals surface area (Å²) in [7, 11) is -2.22. The molecular weight excluding hydrogens is 354 g/mol. The van der Waals surface area contributed by atoms with Gasteiger partial charge >= 0.3 is 0 Å². The van der Waals surface area contributed by atoms with Gasteiger partial charge < -0.3 is 14.6 Å². The lowest BCUT2D eigenvalue weighted by Gasteiger charge is -2.34. The number of sulfonamides is 1. The van der Waals surface area contributed by atoms with Crippen LogP contribution in [0.1, 0.15) is 21.6 Å². The first-order valence-corrected chi connectivity index (χ1v) is 9.86. The maximum atomic E-state index is 13.1. The molecule has 1 aliphatic heterocycles. The number of amides is 1. The van der Waals surface area contributed by atoms with E-state index < -0.39 is 10.0 Å². The molecule has 2 heterocycles. The van der Waals surface area contributed by atoms with Gasteiger partial charge in [0.05, 0.1) is 7.11 Å². The highest BCUT2D eigenvalue weighted by Crippen LogP contribution is 2.30. The quantitative estimate of drug-likeness (QED) is 0.881. The number of aromatic amines is 1. The number of piperazine rings is 1. The number of H-pyrrole nitrogens is 1. The molecule has 2 aromatic rings. The maximum absolute atomic E-state index is 13.1. The summed E-state index contributed by atoms with van der Waals surface area (Å²) < 4.78 is 32.9. The number of hydrogen-bond acceptors (Lipinski definition) is 4. The molecule has 1 fully saturated rings. The van der Waals surface area contributed by atoms with Crippen LogP contribution in [0.2, 0.25) is 0 Å². The van der Waals surface area contributed by atoms with E-state index in [1.807, 2.05) is 13.8 Å². The standard InChI is InChI=1S/C18H23N3O4S/c1-13-11-16(25-3)17(12-14(13)2)26(23,24)21-9-7-20(8-10-21)18(22)15-5-4-6-19-15/h4-6,11-12,19H,7-10H2,1-3H3. The SMILES string of the molecule is COc1cc(C)c(C)cc1S(=O)(=O)N1CCN(C(=O)c2ccc[nH]2)CC1. The Labute approximate surface area is 153 Å². The number of nitrogens with one attached hydrogen (secondary N) is 1. The van der Waals surface area contributed by atoms with Gasteiger partial charge in [-0.25, -0.2) is 8.42 Å². The first kappa shape index (κ1) is 18.5. The fourth-order valence-corrected chi connectivity index (χ4v) is 4.67. The molecule has 26 heavy (non-hydrogen) atoms. The number of hydrogen-bond donors (Lipinski definition) is 1. The van der Waals surface area contributed by atoms with Crippen LogP contribution >= 0.6 is 0 Å². The molecule has 7 nitrogen and oxygen atoms in total. The second kappa shape index (κ2) is 7.13. The van der Waals surface area contributed by atoms with Gasteiger partial charge in [0.15, 0.2) is 0 Å². The first-order chi connectivity index (χ1) is 12.3. The molecule has 1 aliphatic rings. The molecule has 1 N–H and O–H groups in total. The molecule has 1 aromatic heterocycles. The normalized spacial score (nSPS) is 15.9. The summed E-state index contributed by atoms with van der Waals surface area (Å²) in [5.41, 5.74) is 2.38. The molecule has 140 valence electrons. The average molecular weight is 377 g/mol. The number of benzene rings is 1. The Morgan fingerprint density at radius 2 is 1.77 bits per heavy atom. The third kappa shape index (κ3) is 3.34. The van der Waals surface area contributed by atoms with Gasteiger partial charge in [-0.1, -0.05) is 0 Å². The monoisotopic (exact) mass is 377 g/mol. The average Bonchev–Trinajstić information content (AvgIpc) is 3.17. The van der Waals surface area contributed by atoms with Crippen molar-refractivity contribution in [2.45, 2.75) is 18.7 Å². The van der Waals surface area contributed by atoms with Crippen LogP contribution in [0.5, 0.6) is 5.75 Å². The van der Waals surface area contributed by atoms with Gasteiger partial charge in [0.2, 0.25) is 10.0 Å². The Hall–Kier alpha value is -2.32. The highest BCUT2D eigenvalue weighted by molar-refractivity contribution is 7.89. The number of rotatable bonds is 4. The van der Waals surface area contributed by atoms with Crippen molar-refractivity contribution >= 4 is 15.9 Å². The molecule has 0 bridgehead atoms. The predicted molar refractivity (Wildman–Crippen MR) is 97.9 cm³/mol. The smallest absolute Gasteiger partial charge is 0.270 e. The van der Waals surface area contributed by atoms with Crippen molar-refractivity contribution in [1.82, 2.24) is 14.2 Å². The van der Waals surface area contributed by atoms with E-state index in [0.717, 1.165) is 11.1 Å². The first-order valence-electron chi connectivity index (χ1n) is 8.42. The van der Waals surface area contributed by atoms with E-state index in [-0.39, 0.29) is 23.9 Å². The summed E-state index contributed by atoms with van der Waals surface area (Å²) in [5, 5.41) is 0. The van der Waals surface area contributed by atoms with E-state index in [0.29, 0.717) is 24.5 Å². The van der Waals surface area contributed by atoms with Gasteiger partial charge in [-0.15, -0.1) is 0 Å². The summed E-state index contributed by atoms with van der Waals surface area (Å²) in [4.78, 5) is 17.1. The highest BCUT2D eigenvalue weighted by Gasteiger charge is 2.32. The number of carbonyl (C=O) groups excluding carboxylic acids is 1. The number of nitrogens with zero attached hydrogens (tertiary/aromatic N) is 2. The summed E-state index contributed by atoms with van der Waals surface area (Å²) >= 11 is 0. The Morgan fingerprint density at radius 1 is 1.12 bits per heavy atom. The minimum atomic E-state index is -3.68. The Balaban J connectivity index is 1.78. The molecular formula is C18H23N3O4S. The van der Waals surface area contributed by atoms with Crippen molar-refractivity contribution in [1.29, 1.82) is 0 Å². The molecule has 0 atom stereocenters. The van der Waals surface area contributed by atoms with Gasteiger partial charge in [-0.2, -0.15) is 4.31 Å². The molecule has 1 saturated heterocycles. The Bertz CT molecular complexity index is 899. The summed E-state index contributed by atoms with van der Waals surface area (Å²) in [6.07, 6.45) is 1.69. The minimum Gasteiger partial charge on any atom is -0.495 e. The molecule has 0 aliphatic carbocycles. The third-order valence-corrected chi connectivity index (χ3v) is 6.67. The Kier molecular flexibility index (Phi) is 5.06. The number of aromatic nitrogens is 1. The van der Waals surface area contributed by atoms with Gasteiger partial charge in [-0.05, 0) is 49.2 Å². The van der Waals surface area contributed by atoms with Crippen molar-refractivity contribution in [3.05, 3.63) is 47.3 Å². The lowest BCUT2D eigenvalue weighted by Crippen LogP contribution is -2.50. The summed E-state index contributed by atoms with van der Waals surface area (Å²) in [5.74, 6) is 0.230. The fraction of sp³-hybridized carbons (Fsp3) is 0.389. The number of aryl methyl sites for hydroxylation is 2. The van der Waals surface area contributed by atoms with Gasteiger partial charge in [-0.3, -0.25) is 4.79 Å². The second-order valence-corrected chi connectivity index (χ2v) is 8.27. The zero-order valence-electron chi connectivity index (χ0n) is 15.2. The number of carbonyl (C=O) groups is 1.